The van der Waals surface area contributed by atoms with Crippen molar-refractivity contribution in [3.05, 3.63) is 29.8 Å². The molecule has 1 saturated carbocycles. The lowest BCUT2D eigenvalue weighted by atomic mass is 9.98. The predicted molar refractivity (Wildman–Crippen MR) is 92.6 cm³/mol. The van der Waals surface area contributed by atoms with E-state index in [2.05, 4.69) is 5.92 Å². The molecule has 25 heavy (non-hydrogen) atoms. The van der Waals surface area contributed by atoms with Gasteiger partial charge in [0.05, 0.1) is 5.92 Å². The summed E-state index contributed by atoms with van der Waals surface area (Å²) >= 11 is 0. The maximum Gasteiger partial charge on any atom is 0.311 e. The molecule has 1 aliphatic carbocycles. The fraction of sp³-hybridized carbons (Fsp3) is 0.500. The maximum atomic E-state index is 12.4. The molecule has 1 amide bonds. The van der Waals surface area contributed by atoms with E-state index >= 15 is 0 Å². The highest BCUT2D eigenvalue weighted by molar-refractivity contribution is 5.82. The average Bonchev–Trinajstić information content (AvgIpc) is 3.49. The van der Waals surface area contributed by atoms with Gasteiger partial charge in [0.1, 0.15) is 19.0 Å². The molecule has 1 aromatic rings. The summed E-state index contributed by atoms with van der Waals surface area (Å²) in [4.78, 5) is 26.4. The zero-order valence-corrected chi connectivity index (χ0v) is 14.3. The van der Waals surface area contributed by atoms with Crippen molar-refractivity contribution in [2.45, 2.75) is 32.3 Å². The van der Waals surface area contributed by atoms with E-state index in [1.807, 2.05) is 29.2 Å². The topological polar surface area (TPSA) is 55.8 Å². The Hall–Kier alpha value is -2.48. The zero-order valence-electron chi connectivity index (χ0n) is 14.3. The number of rotatable bonds is 6. The molecule has 2 aliphatic rings. The first-order valence-electron chi connectivity index (χ1n) is 8.78. The molecule has 0 unspecified atom stereocenters. The number of benzene rings is 1. The van der Waals surface area contributed by atoms with E-state index in [1.54, 1.807) is 0 Å². The number of ether oxygens (including phenoxy) is 2. The zero-order chi connectivity index (χ0) is 17.6. The van der Waals surface area contributed by atoms with Crippen LogP contribution in [0.25, 0.3) is 0 Å². The van der Waals surface area contributed by atoms with Gasteiger partial charge in [0.2, 0.25) is 5.91 Å². The van der Waals surface area contributed by atoms with Gasteiger partial charge in [-0.3, -0.25) is 9.59 Å². The van der Waals surface area contributed by atoms with Crippen molar-refractivity contribution >= 4 is 11.9 Å². The molecular formula is C20H23NO4. The van der Waals surface area contributed by atoms with Crippen LogP contribution in [0.4, 0.5) is 0 Å². The first kappa shape index (κ1) is 17.3. The summed E-state index contributed by atoms with van der Waals surface area (Å²) in [6, 6.07) is 7.34. The highest BCUT2D eigenvalue weighted by Crippen LogP contribution is 2.32. The number of piperidine rings is 1. The van der Waals surface area contributed by atoms with Crippen molar-refractivity contribution in [3.8, 4) is 18.1 Å². The Morgan fingerprint density at radius 3 is 2.84 bits per heavy atom. The van der Waals surface area contributed by atoms with E-state index in [1.165, 1.54) is 0 Å². The second kappa shape index (κ2) is 8.06. The van der Waals surface area contributed by atoms with Crippen LogP contribution in [-0.4, -0.2) is 36.5 Å². The Morgan fingerprint density at radius 2 is 2.08 bits per heavy atom. The summed E-state index contributed by atoms with van der Waals surface area (Å²) in [6.45, 7) is 1.64. The summed E-state index contributed by atoms with van der Waals surface area (Å²) in [6.07, 6.45) is 8.79. The molecule has 132 valence electrons. The Kier molecular flexibility index (Phi) is 5.60. The van der Waals surface area contributed by atoms with Gasteiger partial charge in [-0.1, -0.05) is 18.1 Å². The van der Waals surface area contributed by atoms with E-state index in [9.17, 15) is 9.59 Å². The number of likely N-dealkylation sites (tertiary alicyclic amines) is 1. The van der Waals surface area contributed by atoms with Crippen LogP contribution < -0.4 is 4.74 Å². The Morgan fingerprint density at radius 1 is 1.24 bits per heavy atom. The lowest BCUT2D eigenvalue weighted by Crippen LogP contribution is -2.43. The molecule has 1 atom stereocenters. The summed E-state index contributed by atoms with van der Waals surface area (Å²) in [5, 5.41) is 0. The van der Waals surface area contributed by atoms with Crippen molar-refractivity contribution < 1.29 is 19.1 Å². The molecule has 1 aliphatic heterocycles. The first-order chi connectivity index (χ1) is 12.2. The van der Waals surface area contributed by atoms with Gasteiger partial charge in [0.25, 0.3) is 0 Å². The second-order valence-corrected chi connectivity index (χ2v) is 6.65. The quantitative estimate of drug-likeness (QED) is 0.589. The number of hydrogen-bond acceptors (Lipinski definition) is 4. The lowest BCUT2D eigenvalue weighted by Gasteiger charge is -2.31. The normalized spacial score (nSPS) is 19.8. The third-order valence-electron chi connectivity index (χ3n) is 4.59. The fourth-order valence-corrected chi connectivity index (χ4v) is 3.08. The van der Waals surface area contributed by atoms with Gasteiger partial charge in [0, 0.05) is 19.0 Å². The average molecular weight is 341 g/mol. The smallest absolute Gasteiger partial charge is 0.311 e. The van der Waals surface area contributed by atoms with Gasteiger partial charge in [-0.15, -0.1) is 6.42 Å². The number of nitrogens with zero attached hydrogens (tertiary/aromatic N) is 1. The van der Waals surface area contributed by atoms with E-state index in [4.69, 9.17) is 15.9 Å². The largest absolute Gasteiger partial charge is 0.481 e. The first-order valence-corrected chi connectivity index (χ1v) is 8.78. The number of amides is 1. The number of carbonyl (C=O) groups is 2. The highest BCUT2D eigenvalue weighted by Gasteiger charge is 2.37. The molecule has 2 fully saturated rings. The third kappa shape index (κ3) is 4.76. The minimum atomic E-state index is -0.233. The minimum absolute atomic E-state index is 0.194. The van der Waals surface area contributed by atoms with Crippen LogP contribution in [0.3, 0.4) is 0 Å². The van der Waals surface area contributed by atoms with Crippen molar-refractivity contribution in [3.63, 3.8) is 0 Å². The molecule has 0 N–H and O–H groups in total. The van der Waals surface area contributed by atoms with Gasteiger partial charge in [-0.25, -0.2) is 0 Å². The molecule has 5 heteroatoms. The summed E-state index contributed by atoms with van der Waals surface area (Å²) < 4.78 is 10.8. The molecular weight excluding hydrogens is 318 g/mol. The van der Waals surface area contributed by atoms with Crippen LogP contribution in [0.2, 0.25) is 0 Å². The Bertz CT molecular complexity index is 675. The molecule has 0 radical (unpaired) electrons. The number of esters is 1. The Balaban J connectivity index is 1.50. The molecule has 0 spiro atoms. The van der Waals surface area contributed by atoms with Crippen LogP contribution in [0.5, 0.6) is 5.75 Å². The summed E-state index contributed by atoms with van der Waals surface area (Å²) in [7, 11) is 0. The molecule has 3 rings (SSSR count). The minimum Gasteiger partial charge on any atom is -0.481 e. The standard InChI is InChI=1S/C20H23NO4/c1-2-11-24-18-7-3-5-15(12-18)14-25-20(23)17-6-4-10-21(13-17)19(22)16-8-9-16/h1,3,5,7,12,16-17H,4,6,8-11,13-14H2/t17-/m0/s1. The molecule has 1 heterocycles. The number of terminal acetylenes is 1. The molecule has 0 aromatic heterocycles. The van der Waals surface area contributed by atoms with Crippen LogP contribution in [0.15, 0.2) is 24.3 Å². The highest BCUT2D eigenvalue weighted by atomic mass is 16.5. The predicted octanol–water partition coefficient (Wildman–Crippen LogP) is 2.39. The van der Waals surface area contributed by atoms with Gasteiger partial charge in [-0.05, 0) is 43.4 Å². The van der Waals surface area contributed by atoms with Crippen molar-refractivity contribution in [1.82, 2.24) is 4.90 Å². The number of hydrogen-bond donors (Lipinski definition) is 0. The second-order valence-electron chi connectivity index (χ2n) is 6.65. The van der Waals surface area contributed by atoms with Crippen LogP contribution in [0.1, 0.15) is 31.2 Å². The molecule has 0 bridgehead atoms. The van der Waals surface area contributed by atoms with Crippen LogP contribution in [-0.2, 0) is 20.9 Å². The maximum absolute atomic E-state index is 12.4. The van der Waals surface area contributed by atoms with E-state index < -0.39 is 0 Å². The SMILES string of the molecule is C#CCOc1cccc(COC(=O)[C@H]2CCCN(C(=O)C3CC3)C2)c1. The summed E-state index contributed by atoms with van der Waals surface area (Å²) in [5.74, 6) is 3.01. The van der Waals surface area contributed by atoms with Crippen LogP contribution >= 0.6 is 0 Å². The molecule has 1 aromatic carbocycles. The van der Waals surface area contributed by atoms with E-state index in [0.29, 0.717) is 12.3 Å². The van der Waals surface area contributed by atoms with Gasteiger partial charge >= 0.3 is 5.97 Å². The summed E-state index contributed by atoms with van der Waals surface area (Å²) in [5.41, 5.74) is 0.851. The van der Waals surface area contributed by atoms with Crippen molar-refractivity contribution in [1.29, 1.82) is 0 Å². The van der Waals surface area contributed by atoms with E-state index in [-0.39, 0.29) is 36.9 Å². The van der Waals surface area contributed by atoms with Crippen LogP contribution in [0, 0.1) is 24.2 Å². The number of carbonyl (C=O) groups excluding carboxylic acids is 2. The van der Waals surface area contributed by atoms with Gasteiger partial charge in [-0.2, -0.15) is 0 Å². The fourth-order valence-electron chi connectivity index (χ4n) is 3.08. The van der Waals surface area contributed by atoms with Gasteiger partial charge < -0.3 is 14.4 Å². The Labute approximate surface area is 148 Å². The van der Waals surface area contributed by atoms with Gasteiger partial charge in [0.15, 0.2) is 0 Å². The lowest BCUT2D eigenvalue weighted by molar-refractivity contribution is -0.153. The third-order valence-corrected chi connectivity index (χ3v) is 4.59. The molecule has 5 nitrogen and oxygen atoms in total. The molecule has 1 saturated heterocycles. The van der Waals surface area contributed by atoms with Crippen molar-refractivity contribution in [2.24, 2.45) is 11.8 Å². The van der Waals surface area contributed by atoms with E-state index in [0.717, 1.165) is 37.8 Å². The monoisotopic (exact) mass is 341 g/mol. The van der Waals surface area contributed by atoms with Crippen molar-refractivity contribution in [2.75, 3.05) is 19.7 Å².